The fourth-order valence-electron chi connectivity index (χ4n) is 2.08. The van der Waals surface area contributed by atoms with Crippen molar-refractivity contribution in [1.29, 1.82) is 0 Å². The number of nitrogens with zero attached hydrogens (tertiary/aromatic N) is 1. The van der Waals surface area contributed by atoms with Crippen molar-refractivity contribution in [1.82, 2.24) is 4.90 Å². The smallest absolute Gasteiger partial charge is 0.264 e. The second kappa shape index (κ2) is 5.69. The summed E-state index contributed by atoms with van der Waals surface area (Å²) in [6.45, 7) is 3.16. The van der Waals surface area contributed by atoms with Gasteiger partial charge in [-0.2, -0.15) is 0 Å². The molecule has 1 saturated heterocycles. The van der Waals surface area contributed by atoms with E-state index in [4.69, 9.17) is 9.47 Å². The highest BCUT2D eigenvalue weighted by Gasteiger charge is 2.36. The van der Waals surface area contributed by atoms with Crippen molar-refractivity contribution >= 4 is 33.2 Å². The third-order valence-electron chi connectivity index (χ3n) is 3.18. The van der Waals surface area contributed by atoms with Crippen molar-refractivity contribution in [2.75, 3.05) is 27.3 Å². The van der Waals surface area contributed by atoms with E-state index in [1.807, 2.05) is 13.0 Å². The normalized spacial score (nSPS) is 23.7. The molecule has 0 N–H and O–H groups in total. The monoisotopic (exact) mass is 333 g/mol. The Kier molecular flexibility index (Phi) is 4.42. The molecule has 1 aromatic heterocycles. The summed E-state index contributed by atoms with van der Waals surface area (Å²) in [6, 6.07) is 1.88. The molecule has 2 unspecified atom stereocenters. The van der Waals surface area contributed by atoms with Crippen LogP contribution in [0.15, 0.2) is 10.5 Å². The molecule has 4 nitrogen and oxygen atoms in total. The first-order valence-corrected chi connectivity index (χ1v) is 7.28. The number of aryl methyl sites for hydroxylation is 1. The van der Waals surface area contributed by atoms with Crippen LogP contribution in [-0.2, 0) is 9.47 Å². The van der Waals surface area contributed by atoms with Crippen LogP contribution in [0.4, 0.5) is 0 Å². The van der Waals surface area contributed by atoms with Gasteiger partial charge in [-0.25, -0.2) is 0 Å². The Morgan fingerprint density at radius 3 is 2.33 bits per heavy atom. The van der Waals surface area contributed by atoms with Crippen LogP contribution in [0, 0.1) is 6.92 Å². The van der Waals surface area contributed by atoms with Crippen molar-refractivity contribution in [3.05, 3.63) is 20.3 Å². The lowest BCUT2D eigenvalue weighted by Crippen LogP contribution is -2.29. The van der Waals surface area contributed by atoms with Gasteiger partial charge in [0.1, 0.15) is 12.2 Å². The third kappa shape index (κ3) is 2.61. The van der Waals surface area contributed by atoms with Crippen molar-refractivity contribution in [3.63, 3.8) is 0 Å². The van der Waals surface area contributed by atoms with Gasteiger partial charge in [0.05, 0.1) is 4.88 Å². The number of ether oxygens (including phenoxy) is 2. The maximum atomic E-state index is 12.3. The Bertz CT molecular complexity index is 417. The van der Waals surface area contributed by atoms with Crippen LogP contribution < -0.4 is 0 Å². The van der Waals surface area contributed by atoms with Crippen LogP contribution in [-0.4, -0.2) is 50.3 Å². The second-order valence-corrected chi connectivity index (χ2v) is 6.38. The van der Waals surface area contributed by atoms with Crippen LogP contribution in [0.5, 0.6) is 0 Å². The van der Waals surface area contributed by atoms with E-state index in [1.165, 1.54) is 11.3 Å². The highest BCUT2D eigenvalue weighted by Crippen LogP contribution is 2.28. The summed E-state index contributed by atoms with van der Waals surface area (Å²) in [7, 11) is 3.30. The van der Waals surface area contributed by atoms with Crippen LogP contribution in [0.3, 0.4) is 0 Å². The Labute approximate surface area is 119 Å². The number of likely N-dealkylation sites (tertiary alicyclic amines) is 1. The van der Waals surface area contributed by atoms with E-state index in [2.05, 4.69) is 15.9 Å². The molecule has 100 valence electrons. The molecule has 1 aliphatic heterocycles. The molecule has 0 aromatic carbocycles. The molecule has 2 atom stereocenters. The lowest BCUT2D eigenvalue weighted by atomic mass is 10.3. The van der Waals surface area contributed by atoms with E-state index in [-0.39, 0.29) is 18.1 Å². The first kappa shape index (κ1) is 14.0. The molecule has 6 heteroatoms. The van der Waals surface area contributed by atoms with Gasteiger partial charge in [-0.3, -0.25) is 4.79 Å². The van der Waals surface area contributed by atoms with Gasteiger partial charge >= 0.3 is 0 Å². The van der Waals surface area contributed by atoms with Gasteiger partial charge in [-0.15, -0.1) is 11.3 Å². The predicted octanol–water partition coefficient (Wildman–Crippen LogP) is 2.30. The van der Waals surface area contributed by atoms with Crippen molar-refractivity contribution < 1.29 is 14.3 Å². The number of thiophene rings is 1. The van der Waals surface area contributed by atoms with Gasteiger partial charge in [-0.1, -0.05) is 0 Å². The van der Waals surface area contributed by atoms with E-state index in [0.717, 1.165) is 14.2 Å². The fourth-order valence-corrected chi connectivity index (χ4v) is 3.59. The quantitative estimate of drug-likeness (QED) is 0.851. The average Bonchev–Trinajstić information content (AvgIpc) is 2.92. The van der Waals surface area contributed by atoms with Crippen LogP contribution in [0.2, 0.25) is 0 Å². The Balaban J connectivity index is 2.11. The molecule has 0 radical (unpaired) electrons. The predicted molar refractivity (Wildman–Crippen MR) is 74.3 cm³/mol. The number of carbonyl (C=O) groups is 1. The largest absolute Gasteiger partial charge is 0.377 e. The van der Waals surface area contributed by atoms with Gasteiger partial charge in [0.25, 0.3) is 5.91 Å². The standard InChI is InChI=1S/C12H16BrNO3S/c1-7-8(13)4-11(18-7)12(15)14-5-9(16-2)10(6-14)17-3/h4,9-10H,5-6H2,1-3H3. The maximum absolute atomic E-state index is 12.3. The molecule has 0 spiro atoms. The number of hydrogen-bond donors (Lipinski definition) is 0. The lowest BCUT2D eigenvalue weighted by molar-refractivity contribution is -0.00461. The summed E-state index contributed by atoms with van der Waals surface area (Å²) in [5, 5.41) is 0. The van der Waals surface area contributed by atoms with Crippen molar-refractivity contribution in [2.45, 2.75) is 19.1 Å². The summed E-state index contributed by atoms with van der Waals surface area (Å²) in [4.78, 5) is 16.0. The van der Waals surface area contributed by atoms with Gasteiger partial charge in [0, 0.05) is 36.7 Å². The van der Waals surface area contributed by atoms with Gasteiger partial charge in [0.15, 0.2) is 0 Å². The molecule has 18 heavy (non-hydrogen) atoms. The van der Waals surface area contributed by atoms with Gasteiger partial charge in [0.2, 0.25) is 0 Å². The second-order valence-electron chi connectivity index (χ2n) is 4.27. The number of rotatable bonds is 3. The molecule has 1 aliphatic rings. The Morgan fingerprint density at radius 2 is 1.94 bits per heavy atom. The molecule has 2 heterocycles. The van der Waals surface area contributed by atoms with E-state index >= 15 is 0 Å². The van der Waals surface area contributed by atoms with Gasteiger partial charge in [-0.05, 0) is 28.9 Å². The zero-order valence-corrected chi connectivity index (χ0v) is 13.0. The minimum absolute atomic E-state index is 0.0385. The molecule has 0 aliphatic carbocycles. The van der Waals surface area contributed by atoms with E-state index < -0.39 is 0 Å². The van der Waals surface area contributed by atoms with E-state index in [1.54, 1.807) is 19.1 Å². The summed E-state index contributed by atoms with van der Waals surface area (Å²) < 4.78 is 11.7. The summed E-state index contributed by atoms with van der Waals surface area (Å²) in [6.07, 6.45) is -0.0769. The molecule has 1 aromatic rings. The molecular formula is C12H16BrNO3S. The first-order chi connectivity index (χ1) is 8.56. The lowest BCUT2D eigenvalue weighted by Gasteiger charge is -2.14. The average molecular weight is 334 g/mol. The number of hydrogen-bond acceptors (Lipinski definition) is 4. The molecule has 0 bridgehead atoms. The van der Waals surface area contributed by atoms with Crippen molar-refractivity contribution in [3.8, 4) is 0 Å². The number of carbonyl (C=O) groups excluding carboxylic acids is 1. The third-order valence-corrected chi connectivity index (χ3v) is 5.30. The zero-order valence-electron chi connectivity index (χ0n) is 10.6. The van der Waals surface area contributed by atoms with Crippen LogP contribution in [0.1, 0.15) is 14.5 Å². The first-order valence-electron chi connectivity index (χ1n) is 5.67. The van der Waals surface area contributed by atoms with Gasteiger partial charge < -0.3 is 14.4 Å². The molecule has 1 amide bonds. The SMILES string of the molecule is COC1CN(C(=O)c2cc(Br)c(C)s2)CC1OC. The van der Waals surface area contributed by atoms with E-state index in [9.17, 15) is 4.79 Å². The molecular weight excluding hydrogens is 318 g/mol. The summed E-state index contributed by atoms with van der Waals surface area (Å²) in [5.41, 5.74) is 0. The fraction of sp³-hybridized carbons (Fsp3) is 0.583. The number of halogens is 1. The number of methoxy groups -OCH3 is 2. The zero-order chi connectivity index (χ0) is 13.3. The topological polar surface area (TPSA) is 38.8 Å². The van der Waals surface area contributed by atoms with Crippen LogP contribution >= 0.6 is 27.3 Å². The Morgan fingerprint density at radius 1 is 1.39 bits per heavy atom. The highest BCUT2D eigenvalue weighted by atomic mass is 79.9. The molecule has 1 fully saturated rings. The van der Waals surface area contributed by atoms with E-state index in [0.29, 0.717) is 13.1 Å². The maximum Gasteiger partial charge on any atom is 0.264 e. The summed E-state index contributed by atoms with van der Waals surface area (Å²) >= 11 is 4.94. The van der Waals surface area contributed by atoms with Crippen LogP contribution in [0.25, 0.3) is 0 Å². The minimum Gasteiger partial charge on any atom is -0.377 e. The summed E-state index contributed by atoms with van der Waals surface area (Å²) in [5.74, 6) is 0.0513. The molecule has 0 saturated carbocycles. The Hall–Kier alpha value is -0.430. The van der Waals surface area contributed by atoms with Crippen molar-refractivity contribution in [2.24, 2.45) is 0 Å². The molecule has 2 rings (SSSR count). The highest BCUT2D eigenvalue weighted by molar-refractivity contribution is 9.10. The minimum atomic E-state index is -0.0385. The number of amides is 1.